The van der Waals surface area contributed by atoms with Gasteiger partial charge < -0.3 is 29.9 Å². The van der Waals surface area contributed by atoms with Crippen molar-refractivity contribution in [3.8, 4) is 0 Å². The number of aliphatic carboxylic acids is 1. The van der Waals surface area contributed by atoms with Gasteiger partial charge in [-0.3, -0.25) is 9.59 Å². The van der Waals surface area contributed by atoms with E-state index in [2.05, 4.69) is 5.32 Å². The lowest BCUT2D eigenvalue weighted by molar-refractivity contribution is -0.167. The Hall–Kier alpha value is -4.20. The first-order valence-corrected chi connectivity index (χ1v) is 13.8. The minimum atomic E-state index is -4.73. The second kappa shape index (κ2) is 12.4. The maximum atomic E-state index is 15.0. The molecule has 2 amide bonds. The average molecular weight is 625 g/mol. The summed E-state index contributed by atoms with van der Waals surface area (Å²) in [6.07, 6.45) is -5.14. The fourth-order valence-electron chi connectivity index (χ4n) is 5.45. The predicted octanol–water partition coefficient (Wildman–Crippen LogP) is 3.95. The van der Waals surface area contributed by atoms with Gasteiger partial charge in [-0.25, -0.2) is 13.6 Å². The molecule has 9 nitrogen and oxygen atoms in total. The maximum absolute atomic E-state index is 15.0. The van der Waals surface area contributed by atoms with Crippen LogP contribution < -0.4 is 10.2 Å². The molecule has 2 heterocycles. The summed E-state index contributed by atoms with van der Waals surface area (Å²) in [5.74, 6) is -5.91. The van der Waals surface area contributed by atoms with E-state index < -0.39 is 59.6 Å². The standard InChI is InChI=1S/C30H33F5N4O5/c1-15-10-18(6-7-20(15)25-16(2)37(4)17(3)38(5)28(25)41)11-23(29(42)43)36-27(40)26-21(31)12-19(13-22(26)32)39-8-9-44-14-24(39)30(33,34)35/h6-7,10,12-13,17,23-24H,8-9,11,14H2,1-5H3,(H,36,40)(H,42,43)/t17?,23-,24+/m0/s1. The van der Waals surface area contributed by atoms with Crippen LogP contribution in [0.3, 0.4) is 0 Å². The molecule has 2 aromatic carbocycles. The van der Waals surface area contributed by atoms with Gasteiger partial charge >= 0.3 is 12.1 Å². The lowest BCUT2D eigenvalue weighted by Gasteiger charge is -2.41. The Kier molecular flexibility index (Phi) is 9.24. The number of amides is 2. The number of hydrogen-bond acceptors (Lipinski definition) is 6. The molecule has 3 atom stereocenters. The van der Waals surface area contributed by atoms with Crippen LogP contribution in [-0.4, -0.2) is 91.0 Å². The lowest BCUT2D eigenvalue weighted by atomic mass is 9.92. The number of halogens is 5. The molecule has 2 aliphatic heterocycles. The molecule has 0 bridgehead atoms. The van der Waals surface area contributed by atoms with E-state index in [1.54, 1.807) is 37.1 Å². The van der Waals surface area contributed by atoms with Crippen LogP contribution in [-0.2, 0) is 20.7 Å². The highest BCUT2D eigenvalue weighted by Gasteiger charge is 2.46. The fraction of sp³-hybridized carbons (Fsp3) is 0.433. The zero-order valence-corrected chi connectivity index (χ0v) is 24.8. The Bertz CT molecular complexity index is 1490. The first-order chi connectivity index (χ1) is 20.5. The van der Waals surface area contributed by atoms with Crippen LogP contribution in [0.2, 0.25) is 0 Å². The van der Waals surface area contributed by atoms with Crippen molar-refractivity contribution in [3.63, 3.8) is 0 Å². The Morgan fingerprint density at radius 1 is 1.09 bits per heavy atom. The molecule has 1 saturated heterocycles. The van der Waals surface area contributed by atoms with Gasteiger partial charge in [0.2, 0.25) is 0 Å². The van der Waals surface area contributed by atoms with Gasteiger partial charge in [0.1, 0.15) is 35.4 Å². The Balaban J connectivity index is 1.55. The van der Waals surface area contributed by atoms with Crippen molar-refractivity contribution >= 4 is 29.0 Å². The summed E-state index contributed by atoms with van der Waals surface area (Å²) < 4.78 is 75.3. The number of benzene rings is 2. The maximum Gasteiger partial charge on any atom is 0.411 e. The summed E-state index contributed by atoms with van der Waals surface area (Å²) in [7, 11) is 3.56. The number of alkyl halides is 3. The van der Waals surface area contributed by atoms with E-state index in [4.69, 9.17) is 4.74 Å². The van der Waals surface area contributed by atoms with Gasteiger partial charge in [-0.1, -0.05) is 18.2 Å². The van der Waals surface area contributed by atoms with Gasteiger partial charge in [0, 0.05) is 38.4 Å². The highest BCUT2D eigenvalue weighted by Crippen LogP contribution is 2.34. The van der Waals surface area contributed by atoms with Crippen molar-refractivity contribution in [1.29, 1.82) is 0 Å². The van der Waals surface area contributed by atoms with E-state index in [0.717, 1.165) is 10.6 Å². The molecule has 1 fully saturated rings. The number of nitrogens with one attached hydrogen (secondary N) is 1. The van der Waals surface area contributed by atoms with Gasteiger partial charge in [-0.2, -0.15) is 13.2 Å². The van der Waals surface area contributed by atoms with Crippen LogP contribution in [0.1, 0.15) is 40.9 Å². The number of rotatable bonds is 7. The molecule has 2 N–H and O–H groups in total. The number of carboxylic acid groups (broad SMARTS) is 1. The second-order valence-electron chi connectivity index (χ2n) is 10.9. The lowest BCUT2D eigenvalue weighted by Crippen LogP contribution is -2.53. The number of nitrogens with zero attached hydrogens (tertiary/aromatic N) is 3. The molecule has 14 heteroatoms. The Morgan fingerprint density at radius 2 is 1.73 bits per heavy atom. The van der Waals surface area contributed by atoms with Crippen LogP contribution in [0.4, 0.5) is 27.6 Å². The number of likely N-dealkylation sites (N-methyl/N-ethyl adjacent to an activating group) is 1. The summed E-state index contributed by atoms with van der Waals surface area (Å²) in [5.41, 5.74) is 1.50. The van der Waals surface area contributed by atoms with E-state index in [1.165, 1.54) is 0 Å². The number of carbonyl (C=O) groups is 3. The summed E-state index contributed by atoms with van der Waals surface area (Å²) in [6, 6.07) is 2.43. The van der Waals surface area contributed by atoms with Gasteiger partial charge in [-0.15, -0.1) is 0 Å². The number of aryl methyl sites for hydroxylation is 1. The topological polar surface area (TPSA) is 102 Å². The van der Waals surface area contributed by atoms with Crippen molar-refractivity contribution in [2.45, 2.75) is 51.6 Å². The zero-order chi connectivity index (χ0) is 32.7. The van der Waals surface area contributed by atoms with Crippen molar-refractivity contribution in [2.24, 2.45) is 0 Å². The number of ether oxygens (including phenoxy) is 1. The minimum absolute atomic E-state index is 0.0976. The molecule has 0 aromatic heterocycles. The molecular weight excluding hydrogens is 591 g/mol. The fourth-order valence-corrected chi connectivity index (χ4v) is 5.45. The molecule has 44 heavy (non-hydrogen) atoms. The van der Waals surface area contributed by atoms with Gasteiger partial charge in [-0.05, 0) is 49.6 Å². The van der Waals surface area contributed by atoms with Gasteiger partial charge in [0.05, 0.1) is 18.8 Å². The zero-order valence-electron chi connectivity index (χ0n) is 24.8. The summed E-state index contributed by atoms with van der Waals surface area (Å²) in [5, 5.41) is 11.9. The molecule has 4 rings (SSSR count). The van der Waals surface area contributed by atoms with E-state index in [-0.39, 0.29) is 31.6 Å². The highest BCUT2D eigenvalue weighted by molar-refractivity contribution is 6.21. The monoisotopic (exact) mass is 624 g/mol. The van der Waals surface area contributed by atoms with Crippen LogP contribution >= 0.6 is 0 Å². The van der Waals surface area contributed by atoms with Crippen LogP contribution in [0.15, 0.2) is 36.0 Å². The van der Waals surface area contributed by atoms with Crippen molar-refractivity contribution in [2.75, 3.05) is 38.8 Å². The highest BCUT2D eigenvalue weighted by atomic mass is 19.4. The molecule has 0 radical (unpaired) electrons. The first kappa shape index (κ1) is 32.7. The summed E-state index contributed by atoms with van der Waals surface area (Å²) >= 11 is 0. The molecule has 2 aromatic rings. The Morgan fingerprint density at radius 3 is 2.30 bits per heavy atom. The molecule has 0 spiro atoms. The van der Waals surface area contributed by atoms with E-state index in [9.17, 15) is 32.7 Å². The molecule has 238 valence electrons. The quantitative estimate of drug-likeness (QED) is 0.450. The van der Waals surface area contributed by atoms with Crippen LogP contribution in [0, 0.1) is 18.6 Å². The number of carbonyl (C=O) groups excluding carboxylic acids is 2. The van der Waals surface area contributed by atoms with E-state index in [1.807, 2.05) is 25.8 Å². The van der Waals surface area contributed by atoms with Gasteiger partial charge in [0.15, 0.2) is 0 Å². The number of hydrogen-bond donors (Lipinski definition) is 2. The third-order valence-electron chi connectivity index (χ3n) is 8.24. The number of allylic oxidation sites excluding steroid dienone is 1. The third-order valence-corrected chi connectivity index (χ3v) is 8.24. The minimum Gasteiger partial charge on any atom is -0.480 e. The van der Waals surface area contributed by atoms with E-state index in [0.29, 0.717) is 34.4 Å². The largest absolute Gasteiger partial charge is 0.480 e. The molecule has 2 aliphatic rings. The van der Waals surface area contributed by atoms with Crippen LogP contribution in [0.5, 0.6) is 0 Å². The molecule has 0 saturated carbocycles. The number of morpholine rings is 1. The van der Waals surface area contributed by atoms with Crippen molar-refractivity contribution in [1.82, 2.24) is 15.1 Å². The van der Waals surface area contributed by atoms with Crippen LogP contribution in [0.25, 0.3) is 5.57 Å². The van der Waals surface area contributed by atoms with Crippen molar-refractivity contribution < 1.29 is 46.2 Å². The smallest absolute Gasteiger partial charge is 0.411 e. The predicted molar refractivity (Wildman–Crippen MR) is 151 cm³/mol. The molecule has 1 unspecified atom stereocenters. The van der Waals surface area contributed by atoms with Gasteiger partial charge in [0.25, 0.3) is 11.8 Å². The number of anilines is 1. The van der Waals surface area contributed by atoms with E-state index >= 15 is 8.78 Å². The summed E-state index contributed by atoms with van der Waals surface area (Å²) in [4.78, 5) is 42.3. The van der Waals surface area contributed by atoms with Crippen molar-refractivity contribution in [3.05, 3.63) is 69.9 Å². The Labute approximate surface area is 250 Å². The summed E-state index contributed by atoms with van der Waals surface area (Å²) in [6.45, 7) is 4.37. The SMILES string of the molecule is CC1=C(c2ccc(C[C@H](NC(=O)c3c(F)cc(N4CCOC[C@@H]4C(F)(F)F)cc3F)C(=O)O)cc2C)C(=O)N(C)C(C)N1C. The number of carboxylic acids is 1. The third kappa shape index (κ3) is 6.35. The molecule has 0 aliphatic carbocycles. The normalized spacial score (nSPS) is 20.2. The first-order valence-electron chi connectivity index (χ1n) is 13.8. The average Bonchev–Trinajstić information content (AvgIpc) is 2.95. The second-order valence-corrected chi connectivity index (χ2v) is 10.9. The molecular formula is C30H33F5N4O5.